The summed E-state index contributed by atoms with van der Waals surface area (Å²) in [6, 6.07) is 10.2. The Kier molecular flexibility index (Phi) is 9.24. The highest BCUT2D eigenvalue weighted by Crippen LogP contribution is 2.14. The molecule has 1 rings (SSSR count). The molecule has 0 saturated heterocycles. The van der Waals surface area contributed by atoms with Crippen molar-refractivity contribution in [2.75, 3.05) is 31.2 Å². The van der Waals surface area contributed by atoms with Gasteiger partial charge in [-0.15, -0.1) is 0 Å². The highest BCUT2D eigenvalue weighted by Gasteiger charge is 2.11. The minimum absolute atomic E-state index is 0.703. The van der Waals surface area contributed by atoms with Crippen molar-refractivity contribution in [2.24, 2.45) is 10.8 Å². The van der Waals surface area contributed by atoms with E-state index in [4.69, 9.17) is 10.6 Å². The molecule has 0 unspecified atom stereocenters. The van der Waals surface area contributed by atoms with Crippen molar-refractivity contribution in [3.8, 4) is 0 Å². The summed E-state index contributed by atoms with van der Waals surface area (Å²) in [6.45, 7) is 7.26. The standard InChI is InChI=1S/C16H28N4O/c1-3-5-13-20(15-10-7-6-8-11-15)16(19-17)18-12-9-14-21-4-2/h6-8,10-11H,3-5,9,12-14,17H2,1-2H3,(H,18,19). The SMILES string of the molecule is CCCCN(C(=NCCCOCC)NN)c1ccccc1. The molecular formula is C16H28N4O. The Bertz CT molecular complexity index is 395. The van der Waals surface area contributed by atoms with Crippen LogP contribution in [0.25, 0.3) is 0 Å². The van der Waals surface area contributed by atoms with Crippen molar-refractivity contribution in [2.45, 2.75) is 33.1 Å². The predicted molar refractivity (Wildman–Crippen MR) is 89.4 cm³/mol. The van der Waals surface area contributed by atoms with E-state index < -0.39 is 0 Å². The van der Waals surface area contributed by atoms with Crippen molar-refractivity contribution in [3.05, 3.63) is 30.3 Å². The van der Waals surface area contributed by atoms with E-state index in [9.17, 15) is 0 Å². The summed E-state index contributed by atoms with van der Waals surface area (Å²) in [5.74, 6) is 6.38. The number of hydrazine groups is 1. The first-order chi connectivity index (χ1) is 10.3. The van der Waals surface area contributed by atoms with Crippen LogP contribution in [-0.4, -0.2) is 32.3 Å². The van der Waals surface area contributed by atoms with Crippen LogP contribution in [0.5, 0.6) is 0 Å². The Morgan fingerprint density at radius 2 is 2.00 bits per heavy atom. The lowest BCUT2D eigenvalue weighted by Gasteiger charge is -2.25. The van der Waals surface area contributed by atoms with Gasteiger partial charge in [-0.25, -0.2) is 5.84 Å². The zero-order valence-electron chi connectivity index (χ0n) is 13.2. The Morgan fingerprint density at radius 1 is 1.24 bits per heavy atom. The first-order valence-corrected chi connectivity index (χ1v) is 7.74. The second-order valence-corrected chi connectivity index (χ2v) is 4.74. The van der Waals surface area contributed by atoms with Crippen molar-refractivity contribution < 1.29 is 4.74 Å². The van der Waals surface area contributed by atoms with Gasteiger partial charge in [-0.1, -0.05) is 31.5 Å². The van der Waals surface area contributed by atoms with E-state index in [0.717, 1.165) is 44.7 Å². The lowest BCUT2D eigenvalue weighted by atomic mass is 10.2. The van der Waals surface area contributed by atoms with Crippen LogP contribution in [-0.2, 0) is 4.74 Å². The second-order valence-electron chi connectivity index (χ2n) is 4.74. The number of nitrogens with two attached hydrogens (primary N) is 1. The largest absolute Gasteiger partial charge is 0.382 e. The lowest BCUT2D eigenvalue weighted by molar-refractivity contribution is 0.146. The number of hydrogen-bond acceptors (Lipinski definition) is 3. The van der Waals surface area contributed by atoms with Crippen molar-refractivity contribution in [1.82, 2.24) is 5.43 Å². The van der Waals surface area contributed by atoms with E-state index in [-0.39, 0.29) is 0 Å². The maximum absolute atomic E-state index is 5.67. The molecule has 0 amide bonds. The minimum Gasteiger partial charge on any atom is -0.382 e. The molecule has 0 spiro atoms. The van der Waals surface area contributed by atoms with Gasteiger partial charge < -0.3 is 9.64 Å². The summed E-state index contributed by atoms with van der Waals surface area (Å²) in [7, 11) is 0. The number of unbranched alkanes of at least 4 members (excludes halogenated alkanes) is 1. The smallest absolute Gasteiger partial charge is 0.212 e. The highest BCUT2D eigenvalue weighted by molar-refractivity contribution is 5.95. The Labute approximate surface area is 128 Å². The van der Waals surface area contributed by atoms with Crippen LogP contribution in [0.2, 0.25) is 0 Å². The third-order valence-corrected chi connectivity index (χ3v) is 3.10. The number of benzene rings is 1. The van der Waals surface area contributed by atoms with Crippen LogP contribution < -0.4 is 16.2 Å². The molecule has 1 aromatic carbocycles. The van der Waals surface area contributed by atoms with Crippen molar-refractivity contribution in [1.29, 1.82) is 0 Å². The van der Waals surface area contributed by atoms with Crippen LogP contribution in [0.1, 0.15) is 33.1 Å². The monoisotopic (exact) mass is 292 g/mol. The van der Waals surface area contributed by atoms with Gasteiger partial charge in [-0.3, -0.25) is 10.4 Å². The molecule has 118 valence electrons. The zero-order chi connectivity index (χ0) is 15.3. The number of rotatable bonds is 9. The molecule has 21 heavy (non-hydrogen) atoms. The lowest BCUT2D eigenvalue weighted by Crippen LogP contribution is -2.45. The summed E-state index contributed by atoms with van der Waals surface area (Å²) in [4.78, 5) is 6.70. The number of guanidine groups is 1. The fourth-order valence-electron chi connectivity index (χ4n) is 1.99. The molecule has 0 aromatic heterocycles. The summed E-state index contributed by atoms with van der Waals surface area (Å²) >= 11 is 0. The molecule has 0 aliphatic carbocycles. The van der Waals surface area contributed by atoms with E-state index >= 15 is 0 Å². The van der Waals surface area contributed by atoms with Gasteiger partial charge in [0.05, 0.1) is 0 Å². The first-order valence-electron chi connectivity index (χ1n) is 7.74. The highest BCUT2D eigenvalue weighted by atomic mass is 16.5. The Balaban J connectivity index is 2.71. The van der Waals surface area contributed by atoms with Gasteiger partial charge in [0, 0.05) is 32.0 Å². The number of ether oxygens (including phenoxy) is 1. The second kappa shape index (κ2) is 11.1. The van der Waals surface area contributed by atoms with Gasteiger partial charge >= 0.3 is 0 Å². The molecule has 0 aliphatic rings. The summed E-state index contributed by atoms with van der Waals surface area (Å²) in [6.07, 6.45) is 3.12. The van der Waals surface area contributed by atoms with Gasteiger partial charge in [0.2, 0.25) is 5.96 Å². The third-order valence-electron chi connectivity index (χ3n) is 3.10. The van der Waals surface area contributed by atoms with Crippen LogP contribution in [0.15, 0.2) is 35.3 Å². The predicted octanol–water partition coefficient (Wildman–Crippen LogP) is 2.54. The zero-order valence-corrected chi connectivity index (χ0v) is 13.2. The quantitative estimate of drug-likeness (QED) is 0.241. The molecule has 3 N–H and O–H groups in total. The number of aliphatic imine (C=N–C) groups is 1. The Morgan fingerprint density at radius 3 is 2.62 bits per heavy atom. The summed E-state index contributed by atoms with van der Waals surface area (Å²) in [5.41, 5.74) is 3.84. The number of para-hydroxylation sites is 1. The van der Waals surface area contributed by atoms with E-state index in [1.54, 1.807) is 0 Å². The van der Waals surface area contributed by atoms with Crippen LogP contribution in [0.3, 0.4) is 0 Å². The van der Waals surface area contributed by atoms with Crippen molar-refractivity contribution >= 4 is 11.6 Å². The topological polar surface area (TPSA) is 62.9 Å². The summed E-state index contributed by atoms with van der Waals surface area (Å²) in [5, 5.41) is 0. The number of nitrogens with one attached hydrogen (secondary N) is 1. The first kappa shape index (κ1) is 17.5. The number of nitrogens with zero attached hydrogens (tertiary/aromatic N) is 2. The maximum Gasteiger partial charge on any atom is 0.212 e. The van der Waals surface area contributed by atoms with Crippen LogP contribution in [0.4, 0.5) is 5.69 Å². The van der Waals surface area contributed by atoms with Gasteiger partial charge in [-0.2, -0.15) is 0 Å². The molecule has 0 aliphatic heterocycles. The molecule has 0 bridgehead atoms. The van der Waals surface area contributed by atoms with E-state index in [2.05, 4.69) is 34.4 Å². The average Bonchev–Trinajstić information content (AvgIpc) is 2.54. The minimum atomic E-state index is 0.703. The molecule has 5 heteroatoms. The number of hydrogen-bond donors (Lipinski definition) is 2. The van der Waals surface area contributed by atoms with E-state index in [0.29, 0.717) is 12.5 Å². The summed E-state index contributed by atoms with van der Waals surface area (Å²) < 4.78 is 5.32. The maximum atomic E-state index is 5.67. The molecule has 0 saturated carbocycles. The van der Waals surface area contributed by atoms with Gasteiger partial charge in [-0.05, 0) is 31.9 Å². The van der Waals surface area contributed by atoms with Crippen molar-refractivity contribution in [3.63, 3.8) is 0 Å². The van der Waals surface area contributed by atoms with Crippen LogP contribution >= 0.6 is 0 Å². The van der Waals surface area contributed by atoms with Crippen LogP contribution in [0, 0.1) is 0 Å². The average molecular weight is 292 g/mol. The normalized spacial score (nSPS) is 11.5. The van der Waals surface area contributed by atoms with Gasteiger partial charge in [0.1, 0.15) is 0 Å². The molecule has 0 atom stereocenters. The molecule has 5 nitrogen and oxygen atoms in total. The van der Waals surface area contributed by atoms with Gasteiger partial charge in [0.15, 0.2) is 0 Å². The van der Waals surface area contributed by atoms with E-state index in [1.807, 2.05) is 25.1 Å². The number of anilines is 1. The molecule has 0 radical (unpaired) electrons. The van der Waals surface area contributed by atoms with E-state index in [1.165, 1.54) is 0 Å². The fourth-order valence-corrected chi connectivity index (χ4v) is 1.99. The fraction of sp³-hybridized carbons (Fsp3) is 0.562. The Hall–Kier alpha value is -1.59. The molecule has 0 heterocycles. The molecule has 0 fully saturated rings. The molecule has 1 aromatic rings. The third kappa shape index (κ3) is 6.60. The molecular weight excluding hydrogens is 264 g/mol. The van der Waals surface area contributed by atoms with Gasteiger partial charge in [0.25, 0.3) is 0 Å².